The van der Waals surface area contributed by atoms with E-state index in [4.69, 9.17) is 14.5 Å². The first-order chi connectivity index (χ1) is 17.5. The highest BCUT2D eigenvalue weighted by Gasteiger charge is 2.37. The monoisotopic (exact) mass is 508 g/mol. The predicted molar refractivity (Wildman–Crippen MR) is 141 cm³/mol. The Morgan fingerprint density at radius 3 is 2.75 bits per heavy atom. The summed E-state index contributed by atoms with van der Waals surface area (Å²) in [6, 6.07) is 10.4. The molecule has 2 atom stereocenters. The second kappa shape index (κ2) is 11.3. The Kier molecular flexibility index (Phi) is 7.92. The van der Waals surface area contributed by atoms with Crippen molar-refractivity contribution in [2.75, 3.05) is 40.4 Å². The minimum atomic E-state index is 0.250. The maximum atomic E-state index is 9.32. The highest BCUT2D eigenvalue weighted by atomic mass is 32.1. The number of thiophene rings is 1. The van der Waals surface area contributed by atoms with Gasteiger partial charge in [-0.3, -0.25) is 4.90 Å². The summed E-state index contributed by atoms with van der Waals surface area (Å²) in [4.78, 5) is 6.71. The highest BCUT2D eigenvalue weighted by Crippen LogP contribution is 2.39. The molecular formula is C28H36N4O3S. The molecule has 3 aromatic rings. The summed E-state index contributed by atoms with van der Waals surface area (Å²) >= 11 is 1.61. The molecule has 8 heteroatoms. The van der Waals surface area contributed by atoms with Crippen molar-refractivity contribution in [1.29, 1.82) is 5.26 Å². The van der Waals surface area contributed by atoms with E-state index in [1.54, 1.807) is 11.3 Å². The van der Waals surface area contributed by atoms with Crippen LogP contribution in [0.4, 0.5) is 0 Å². The van der Waals surface area contributed by atoms with Gasteiger partial charge in [0, 0.05) is 30.0 Å². The summed E-state index contributed by atoms with van der Waals surface area (Å²) in [6.45, 7) is 4.79. The van der Waals surface area contributed by atoms with Crippen LogP contribution in [-0.4, -0.2) is 60.5 Å². The fourth-order valence-electron chi connectivity index (χ4n) is 5.32. The van der Waals surface area contributed by atoms with Gasteiger partial charge in [-0.05, 0) is 101 Å². The predicted octanol–water partition coefficient (Wildman–Crippen LogP) is 4.67. The number of aryl methyl sites for hydroxylation is 1. The van der Waals surface area contributed by atoms with Crippen LogP contribution in [-0.2, 0) is 19.5 Å². The quantitative estimate of drug-likeness (QED) is 0.403. The fourth-order valence-corrected chi connectivity index (χ4v) is 6.17. The van der Waals surface area contributed by atoms with Crippen molar-refractivity contribution < 1.29 is 14.4 Å². The smallest absolute Gasteiger partial charge is 0.175 e. The summed E-state index contributed by atoms with van der Waals surface area (Å²) < 4.78 is 12.1. The van der Waals surface area contributed by atoms with Crippen LogP contribution in [0.3, 0.4) is 0 Å². The van der Waals surface area contributed by atoms with Crippen LogP contribution in [0.25, 0.3) is 11.0 Å². The average Bonchev–Trinajstić information content (AvgIpc) is 3.28. The van der Waals surface area contributed by atoms with Gasteiger partial charge in [-0.25, -0.2) is 0 Å². The Morgan fingerprint density at radius 1 is 1.22 bits per heavy atom. The minimum Gasteiger partial charge on any atom is -0.493 e. The minimum absolute atomic E-state index is 0.250. The molecule has 1 aromatic carbocycles. The molecule has 5 rings (SSSR count). The Labute approximate surface area is 217 Å². The molecule has 2 fully saturated rings. The van der Waals surface area contributed by atoms with Gasteiger partial charge in [0.15, 0.2) is 5.58 Å². The van der Waals surface area contributed by atoms with Gasteiger partial charge in [0.2, 0.25) is 0 Å². The van der Waals surface area contributed by atoms with Crippen molar-refractivity contribution in [3.05, 3.63) is 45.3 Å². The first kappa shape index (κ1) is 25.2. The van der Waals surface area contributed by atoms with Gasteiger partial charge in [0.1, 0.15) is 16.7 Å². The third-order valence-electron chi connectivity index (χ3n) is 7.65. The maximum Gasteiger partial charge on any atom is 0.175 e. The molecule has 36 heavy (non-hydrogen) atoms. The van der Waals surface area contributed by atoms with E-state index in [0.29, 0.717) is 24.4 Å². The topological polar surface area (TPSA) is 85.8 Å². The van der Waals surface area contributed by atoms with E-state index in [1.807, 2.05) is 6.07 Å². The van der Waals surface area contributed by atoms with E-state index >= 15 is 0 Å². The molecule has 0 amide bonds. The van der Waals surface area contributed by atoms with Crippen LogP contribution >= 0.6 is 11.3 Å². The Hall–Kier alpha value is -2.44. The largest absolute Gasteiger partial charge is 0.493 e. The number of nitrogens with zero attached hydrogens (tertiary/aromatic N) is 4. The molecule has 3 heterocycles. The van der Waals surface area contributed by atoms with Gasteiger partial charge < -0.3 is 19.3 Å². The summed E-state index contributed by atoms with van der Waals surface area (Å²) in [5, 5.41) is 24.0. The van der Waals surface area contributed by atoms with Crippen molar-refractivity contribution >= 4 is 22.3 Å². The molecule has 192 valence electrons. The average molecular weight is 509 g/mol. The zero-order valence-electron chi connectivity index (χ0n) is 21.3. The zero-order chi connectivity index (χ0) is 25.1. The number of nitriles is 1. The third kappa shape index (κ3) is 5.92. The molecule has 7 nitrogen and oxygen atoms in total. The second-order valence-corrected chi connectivity index (χ2v) is 11.8. The molecule has 1 saturated carbocycles. The van der Waals surface area contributed by atoms with Crippen molar-refractivity contribution in [2.24, 2.45) is 17.8 Å². The van der Waals surface area contributed by atoms with Crippen molar-refractivity contribution in [3.8, 4) is 11.8 Å². The molecule has 1 saturated heterocycles. The molecule has 2 unspecified atom stereocenters. The van der Waals surface area contributed by atoms with Gasteiger partial charge in [-0.15, -0.1) is 11.3 Å². The number of aliphatic hydroxyl groups excluding tert-OH is 1. The van der Waals surface area contributed by atoms with Crippen LogP contribution in [0, 0.1) is 29.1 Å². The van der Waals surface area contributed by atoms with E-state index in [1.165, 1.54) is 17.7 Å². The summed E-state index contributed by atoms with van der Waals surface area (Å²) in [6.07, 6.45) is 5.50. The molecule has 1 aliphatic carbocycles. The molecule has 0 bridgehead atoms. The van der Waals surface area contributed by atoms with E-state index in [-0.39, 0.29) is 6.61 Å². The first-order valence-corrected chi connectivity index (χ1v) is 13.9. The van der Waals surface area contributed by atoms with Crippen molar-refractivity contribution in [3.63, 3.8) is 0 Å². The molecule has 2 aliphatic rings. The summed E-state index contributed by atoms with van der Waals surface area (Å²) in [5.74, 6) is 2.41. The Morgan fingerprint density at radius 2 is 2.06 bits per heavy atom. The number of likely N-dealkylation sites (tertiary alicyclic amines) is 1. The van der Waals surface area contributed by atoms with Crippen LogP contribution in [0.2, 0.25) is 0 Å². The number of fused-ring (bicyclic) bond motifs is 1. The van der Waals surface area contributed by atoms with Gasteiger partial charge in [-0.2, -0.15) is 5.26 Å². The molecule has 1 aliphatic heterocycles. The molecule has 1 N–H and O–H groups in total. The Balaban J connectivity index is 1.18. The van der Waals surface area contributed by atoms with E-state index in [2.05, 4.69) is 53.3 Å². The van der Waals surface area contributed by atoms with Gasteiger partial charge in [-0.1, -0.05) is 5.16 Å². The lowest BCUT2D eigenvalue weighted by molar-refractivity contribution is 0.173. The van der Waals surface area contributed by atoms with Crippen LogP contribution in [0.5, 0.6) is 5.75 Å². The number of aromatic nitrogens is 1. The van der Waals surface area contributed by atoms with Crippen LogP contribution < -0.4 is 4.74 Å². The number of hydrogen-bond donors (Lipinski definition) is 1. The standard InChI is InChI=1S/C28H36N4O3S/c1-31(2)16-25-27(34-18-21-13-20(21)17-33)8-6-24-26(30-35-28(24)25)7-3-19-9-11-32(12-10-19)15-23-5-4-22(14-29)36-23/h4-6,8,19-21,33H,3,7,9-13,15-18H2,1-2H3. The van der Waals surface area contributed by atoms with E-state index < -0.39 is 0 Å². The van der Waals surface area contributed by atoms with Crippen LogP contribution in [0.15, 0.2) is 28.8 Å². The molecular weight excluding hydrogens is 472 g/mol. The summed E-state index contributed by atoms with van der Waals surface area (Å²) in [7, 11) is 4.10. The second-order valence-electron chi connectivity index (χ2n) is 10.7. The number of piperidine rings is 1. The SMILES string of the molecule is CN(C)Cc1c(OCC2CC2CO)ccc2c(CCC3CCN(Cc4ccc(C#N)s4)CC3)noc12. The van der Waals surface area contributed by atoms with Crippen molar-refractivity contribution in [1.82, 2.24) is 15.0 Å². The number of aliphatic hydroxyl groups is 1. The van der Waals surface area contributed by atoms with Gasteiger partial charge >= 0.3 is 0 Å². The first-order valence-electron chi connectivity index (χ1n) is 13.0. The number of hydrogen-bond acceptors (Lipinski definition) is 8. The maximum absolute atomic E-state index is 9.32. The van der Waals surface area contributed by atoms with E-state index in [9.17, 15) is 5.11 Å². The van der Waals surface area contributed by atoms with Gasteiger partial charge in [0.05, 0.1) is 17.9 Å². The lowest BCUT2D eigenvalue weighted by Crippen LogP contribution is -2.33. The number of ether oxygens (including phenoxy) is 1. The summed E-state index contributed by atoms with van der Waals surface area (Å²) in [5.41, 5.74) is 2.94. The third-order valence-corrected chi connectivity index (χ3v) is 8.63. The molecule has 2 aromatic heterocycles. The lowest BCUT2D eigenvalue weighted by Gasteiger charge is -2.31. The Bertz CT molecular complexity index is 1210. The molecule has 0 radical (unpaired) electrons. The number of benzene rings is 1. The normalized spacial score (nSPS) is 20.8. The van der Waals surface area contributed by atoms with E-state index in [0.717, 1.165) is 78.3 Å². The van der Waals surface area contributed by atoms with Crippen LogP contribution in [0.1, 0.15) is 46.7 Å². The zero-order valence-corrected chi connectivity index (χ0v) is 22.1. The fraction of sp³-hybridized carbons (Fsp3) is 0.571. The highest BCUT2D eigenvalue weighted by molar-refractivity contribution is 7.12. The van der Waals surface area contributed by atoms with Crippen molar-refractivity contribution in [2.45, 2.75) is 45.2 Å². The number of rotatable bonds is 11. The lowest BCUT2D eigenvalue weighted by atomic mass is 9.91. The molecule has 0 spiro atoms. The van der Waals surface area contributed by atoms with Gasteiger partial charge in [0.25, 0.3) is 0 Å².